The van der Waals surface area contributed by atoms with E-state index in [1.165, 1.54) is 36.8 Å². The van der Waals surface area contributed by atoms with Gasteiger partial charge in [-0.25, -0.2) is 9.97 Å². The molecular weight excluding hydrogens is 294 g/mol. The summed E-state index contributed by atoms with van der Waals surface area (Å²) in [7, 11) is 0. The molecule has 3 heteroatoms. The first kappa shape index (κ1) is 15.8. The number of hydrogen-bond acceptors (Lipinski definition) is 3. The van der Waals surface area contributed by atoms with Gasteiger partial charge >= 0.3 is 0 Å². The predicted molar refractivity (Wildman–Crippen MR) is 96.7 cm³/mol. The van der Waals surface area contributed by atoms with E-state index < -0.39 is 0 Å². The molecule has 126 valence electrons. The van der Waals surface area contributed by atoms with Gasteiger partial charge in [0.15, 0.2) is 0 Å². The number of nitrogens with zero attached hydrogens (tertiary/aromatic N) is 2. The predicted octanol–water partition coefficient (Wildman–Crippen LogP) is 4.10. The average molecular weight is 321 g/mol. The van der Waals surface area contributed by atoms with Crippen LogP contribution in [0.1, 0.15) is 55.5 Å². The molecule has 2 aliphatic carbocycles. The lowest BCUT2D eigenvalue weighted by atomic mass is 9.53. The van der Waals surface area contributed by atoms with Crippen LogP contribution in [-0.4, -0.2) is 16.0 Å². The molecule has 0 aliphatic heterocycles. The van der Waals surface area contributed by atoms with Crippen molar-refractivity contribution < 1.29 is 0 Å². The number of aromatic nitrogens is 2. The third-order valence-electron chi connectivity index (χ3n) is 5.99. The summed E-state index contributed by atoms with van der Waals surface area (Å²) in [6.07, 6.45) is 10.4. The summed E-state index contributed by atoms with van der Waals surface area (Å²) in [4.78, 5) is 8.85. The summed E-state index contributed by atoms with van der Waals surface area (Å²) in [5.74, 6) is 3.32. The standard InChI is InChI=1S/C21H27N3/c1-2-19-22-12-15(13-23-19)14-24-21-18-11-7-6-10-17(18)20(21)16-8-4-3-5-9-16/h3-5,8-9,12-13,17-18,20-21,24H,2,6-7,10-11,14H2,1H3/t17?,18?,20-,21-/m0/s1. The van der Waals surface area contributed by atoms with E-state index in [1.54, 1.807) is 0 Å². The smallest absolute Gasteiger partial charge is 0.127 e. The summed E-state index contributed by atoms with van der Waals surface area (Å²) in [6.45, 7) is 2.97. The first-order chi connectivity index (χ1) is 11.9. The van der Waals surface area contributed by atoms with E-state index in [0.717, 1.165) is 30.6 Å². The number of fused-ring (bicyclic) bond motifs is 1. The second kappa shape index (κ2) is 7.02. The van der Waals surface area contributed by atoms with Crippen LogP contribution < -0.4 is 5.32 Å². The van der Waals surface area contributed by atoms with Gasteiger partial charge in [-0.3, -0.25) is 0 Å². The zero-order valence-electron chi connectivity index (χ0n) is 14.5. The van der Waals surface area contributed by atoms with Crippen molar-refractivity contribution in [2.45, 2.75) is 57.5 Å². The third kappa shape index (κ3) is 2.98. The summed E-state index contributed by atoms with van der Waals surface area (Å²) in [6, 6.07) is 11.7. The van der Waals surface area contributed by atoms with Gasteiger partial charge in [0, 0.05) is 42.9 Å². The molecule has 2 unspecified atom stereocenters. The van der Waals surface area contributed by atoms with E-state index >= 15 is 0 Å². The maximum Gasteiger partial charge on any atom is 0.127 e. The lowest BCUT2D eigenvalue weighted by Gasteiger charge is -2.55. The molecule has 4 atom stereocenters. The van der Waals surface area contributed by atoms with Gasteiger partial charge in [0.25, 0.3) is 0 Å². The summed E-state index contributed by atoms with van der Waals surface area (Å²) in [5, 5.41) is 3.84. The van der Waals surface area contributed by atoms with Crippen LogP contribution in [0.15, 0.2) is 42.7 Å². The highest BCUT2D eigenvalue weighted by molar-refractivity contribution is 5.28. The minimum atomic E-state index is 0.601. The minimum Gasteiger partial charge on any atom is -0.309 e. The molecule has 2 fully saturated rings. The Hall–Kier alpha value is -1.74. The molecule has 2 aromatic rings. The molecule has 1 N–H and O–H groups in total. The zero-order valence-corrected chi connectivity index (χ0v) is 14.5. The van der Waals surface area contributed by atoms with E-state index in [2.05, 4.69) is 52.5 Å². The van der Waals surface area contributed by atoms with Crippen molar-refractivity contribution in [1.82, 2.24) is 15.3 Å². The van der Waals surface area contributed by atoms with E-state index in [-0.39, 0.29) is 0 Å². The minimum absolute atomic E-state index is 0.601. The van der Waals surface area contributed by atoms with Crippen molar-refractivity contribution in [3.63, 3.8) is 0 Å². The van der Waals surface area contributed by atoms with Crippen molar-refractivity contribution in [3.8, 4) is 0 Å². The quantitative estimate of drug-likeness (QED) is 0.901. The molecule has 2 aliphatic rings. The van der Waals surface area contributed by atoms with Crippen LogP contribution in [0.3, 0.4) is 0 Å². The van der Waals surface area contributed by atoms with Crippen molar-refractivity contribution in [1.29, 1.82) is 0 Å². The van der Waals surface area contributed by atoms with E-state index in [9.17, 15) is 0 Å². The molecule has 4 rings (SSSR count). The number of nitrogens with one attached hydrogen (secondary N) is 1. The summed E-state index contributed by atoms with van der Waals surface area (Å²) >= 11 is 0. The van der Waals surface area contributed by atoms with E-state index in [4.69, 9.17) is 0 Å². The normalized spacial score (nSPS) is 28.9. The summed E-state index contributed by atoms with van der Waals surface area (Å²) < 4.78 is 0. The lowest BCUT2D eigenvalue weighted by molar-refractivity contribution is 0.0254. The largest absolute Gasteiger partial charge is 0.309 e. The lowest BCUT2D eigenvalue weighted by Crippen LogP contribution is -2.57. The summed E-state index contributed by atoms with van der Waals surface area (Å²) in [5.41, 5.74) is 2.70. The molecule has 1 aromatic heterocycles. The fourth-order valence-corrected chi connectivity index (χ4v) is 4.77. The van der Waals surface area contributed by atoms with Crippen LogP contribution in [0.2, 0.25) is 0 Å². The first-order valence-corrected chi connectivity index (χ1v) is 9.45. The number of hydrogen-bond donors (Lipinski definition) is 1. The van der Waals surface area contributed by atoms with Gasteiger partial charge < -0.3 is 5.32 Å². The Morgan fingerprint density at radius 1 is 1.00 bits per heavy atom. The fourth-order valence-electron chi connectivity index (χ4n) is 4.77. The molecule has 1 aromatic carbocycles. The van der Waals surface area contributed by atoms with Crippen molar-refractivity contribution in [3.05, 3.63) is 59.7 Å². The second-order valence-electron chi connectivity index (χ2n) is 7.32. The first-order valence-electron chi connectivity index (χ1n) is 9.45. The zero-order chi connectivity index (χ0) is 16.4. The van der Waals surface area contributed by atoms with Gasteiger partial charge in [-0.05, 0) is 30.2 Å². The number of benzene rings is 1. The Balaban J connectivity index is 1.47. The Kier molecular flexibility index (Phi) is 4.61. The van der Waals surface area contributed by atoms with Crippen molar-refractivity contribution in [2.24, 2.45) is 11.8 Å². The SMILES string of the molecule is CCc1ncc(CN[C@H]2C3CCCCC3[C@@H]2c2ccccc2)cn1. The maximum atomic E-state index is 4.43. The molecule has 24 heavy (non-hydrogen) atoms. The van der Waals surface area contributed by atoms with Crippen molar-refractivity contribution in [2.75, 3.05) is 0 Å². The number of aryl methyl sites for hydroxylation is 1. The van der Waals surface area contributed by atoms with Crippen LogP contribution >= 0.6 is 0 Å². The van der Waals surface area contributed by atoms with Gasteiger partial charge in [-0.1, -0.05) is 50.1 Å². The topological polar surface area (TPSA) is 37.8 Å². The van der Waals surface area contributed by atoms with E-state index in [0.29, 0.717) is 12.0 Å². The molecule has 0 spiro atoms. The molecule has 1 heterocycles. The average Bonchev–Trinajstić information content (AvgIpc) is 2.64. The fraction of sp³-hybridized carbons (Fsp3) is 0.524. The Bertz CT molecular complexity index is 653. The highest BCUT2D eigenvalue weighted by Gasteiger charge is 2.50. The van der Waals surface area contributed by atoms with Crippen LogP contribution in [0.25, 0.3) is 0 Å². The number of rotatable bonds is 5. The molecule has 0 saturated heterocycles. The van der Waals surface area contributed by atoms with Crippen LogP contribution in [-0.2, 0) is 13.0 Å². The maximum absolute atomic E-state index is 4.43. The Morgan fingerprint density at radius 3 is 2.42 bits per heavy atom. The van der Waals surface area contributed by atoms with Crippen LogP contribution in [0.5, 0.6) is 0 Å². The molecule has 3 nitrogen and oxygen atoms in total. The third-order valence-corrected chi connectivity index (χ3v) is 5.99. The highest BCUT2D eigenvalue weighted by Crippen LogP contribution is 2.54. The molecule has 0 bridgehead atoms. The molecule has 2 saturated carbocycles. The molecule has 0 radical (unpaired) electrons. The second-order valence-corrected chi connectivity index (χ2v) is 7.32. The van der Waals surface area contributed by atoms with Gasteiger partial charge in [0.2, 0.25) is 0 Å². The monoisotopic (exact) mass is 321 g/mol. The van der Waals surface area contributed by atoms with Crippen LogP contribution in [0.4, 0.5) is 0 Å². The van der Waals surface area contributed by atoms with Crippen LogP contribution in [0, 0.1) is 11.8 Å². The van der Waals surface area contributed by atoms with Gasteiger partial charge in [-0.15, -0.1) is 0 Å². The Labute approximate surface area is 144 Å². The highest BCUT2D eigenvalue weighted by atomic mass is 15.0. The Morgan fingerprint density at radius 2 is 1.71 bits per heavy atom. The van der Waals surface area contributed by atoms with E-state index in [1.807, 2.05) is 12.4 Å². The molecule has 0 amide bonds. The molecular formula is C21H27N3. The van der Waals surface area contributed by atoms with Gasteiger partial charge in [0.1, 0.15) is 5.82 Å². The van der Waals surface area contributed by atoms with Gasteiger partial charge in [0.05, 0.1) is 0 Å². The van der Waals surface area contributed by atoms with Gasteiger partial charge in [-0.2, -0.15) is 0 Å². The van der Waals surface area contributed by atoms with Crippen molar-refractivity contribution >= 4 is 0 Å².